The first-order valence-electron chi connectivity index (χ1n) is 10.2. The average Bonchev–Trinajstić information content (AvgIpc) is 3.18. The van der Waals surface area contributed by atoms with Crippen LogP contribution in [-0.4, -0.2) is 24.2 Å². The topological polar surface area (TPSA) is 64.3 Å². The first kappa shape index (κ1) is 23.4. The van der Waals surface area contributed by atoms with Gasteiger partial charge in [0.05, 0.1) is 5.69 Å². The Bertz CT molecular complexity index is 948. The van der Waals surface area contributed by atoms with Gasteiger partial charge in [-0.3, -0.25) is 0 Å². The second kappa shape index (κ2) is 11.9. The van der Waals surface area contributed by atoms with E-state index < -0.39 is 5.97 Å². The number of hydrogen-bond acceptors (Lipinski definition) is 4. The summed E-state index contributed by atoms with van der Waals surface area (Å²) in [5, 5.41) is 17.8. The van der Waals surface area contributed by atoms with E-state index in [0.717, 1.165) is 49.2 Å². The van der Waals surface area contributed by atoms with Gasteiger partial charge in [-0.05, 0) is 54.8 Å². The maximum Gasteiger partial charge on any atom is 0.346 e. The van der Waals surface area contributed by atoms with Crippen LogP contribution in [0.3, 0.4) is 0 Å². The third kappa shape index (κ3) is 6.85. The molecule has 30 heavy (non-hydrogen) atoms. The van der Waals surface area contributed by atoms with E-state index in [0.29, 0.717) is 10.6 Å². The largest absolute Gasteiger partial charge is 0.477 e. The summed E-state index contributed by atoms with van der Waals surface area (Å²) in [6.45, 7) is 5.98. The number of carboxylic acids is 1. The van der Waals surface area contributed by atoms with E-state index in [1.54, 1.807) is 18.2 Å². The van der Waals surface area contributed by atoms with Crippen LogP contribution in [-0.2, 0) is 4.79 Å². The Morgan fingerprint density at radius 1 is 1.13 bits per heavy atom. The van der Waals surface area contributed by atoms with Crippen molar-refractivity contribution < 1.29 is 14.3 Å². The first-order chi connectivity index (χ1) is 14.5. The summed E-state index contributed by atoms with van der Waals surface area (Å²) in [7, 11) is 0. The Kier molecular flexibility index (Phi) is 9.30. The molecule has 1 aromatic heterocycles. The quantitative estimate of drug-likeness (QED) is 0.331. The second-order valence-electron chi connectivity index (χ2n) is 6.95. The van der Waals surface area contributed by atoms with Crippen LogP contribution in [0.5, 0.6) is 0 Å². The molecular weight excluding hydrogens is 399 g/mol. The number of aliphatic carboxylic acids is 1. The molecule has 0 atom stereocenters. The minimum absolute atomic E-state index is 0.223. The van der Waals surface area contributed by atoms with E-state index in [1.807, 2.05) is 30.4 Å². The number of carbonyl (C=O) groups is 1. The number of anilines is 1. The van der Waals surface area contributed by atoms with Crippen molar-refractivity contribution in [3.8, 4) is 6.07 Å². The molecule has 0 amide bonds. The van der Waals surface area contributed by atoms with Gasteiger partial charge in [-0.25, -0.2) is 9.18 Å². The maximum absolute atomic E-state index is 14.8. The lowest BCUT2D eigenvalue weighted by molar-refractivity contribution is -0.132. The molecular formula is C24H27FN2O2S. The van der Waals surface area contributed by atoms with Crippen LogP contribution in [0.15, 0.2) is 35.9 Å². The van der Waals surface area contributed by atoms with Crippen LogP contribution in [0, 0.1) is 17.1 Å². The number of unbranched alkanes of at least 4 members (excludes halogenated alkanes) is 2. The predicted octanol–water partition coefficient (Wildman–Crippen LogP) is 6.46. The minimum Gasteiger partial charge on any atom is -0.477 e. The summed E-state index contributed by atoms with van der Waals surface area (Å²) in [6.07, 6.45) is 9.26. The van der Waals surface area contributed by atoms with Gasteiger partial charge in [-0.15, -0.1) is 11.3 Å². The van der Waals surface area contributed by atoms with Crippen LogP contribution in [0.1, 0.15) is 54.8 Å². The lowest BCUT2D eigenvalue weighted by atomic mass is 10.1. The fraction of sp³-hybridized carbons (Fsp3) is 0.333. The van der Waals surface area contributed by atoms with Crippen molar-refractivity contribution in [2.75, 3.05) is 18.0 Å². The number of hydrogen-bond donors (Lipinski definition) is 1. The number of carboxylic acid groups (broad SMARTS) is 1. The van der Waals surface area contributed by atoms with E-state index in [1.165, 1.54) is 17.4 Å². The van der Waals surface area contributed by atoms with Gasteiger partial charge >= 0.3 is 5.97 Å². The highest BCUT2D eigenvalue weighted by Crippen LogP contribution is 2.25. The Balaban J connectivity index is 2.14. The van der Waals surface area contributed by atoms with Crippen molar-refractivity contribution in [1.82, 2.24) is 0 Å². The molecule has 4 nitrogen and oxygen atoms in total. The average molecular weight is 427 g/mol. The van der Waals surface area contributed by atoms with E-state index in [9.17, 15) is 9.18 Å². The maximum atomic E-state index is 14.8. The normalized spacial score (nSPS) is 11.6. The molecule has 0 aliphatic carbocycles. The van der Waals surface area contributed by atoms with Crippen molar-refractivity contribution in [2.24, 2.45) is 0 Å². The summed E-state index contributed by atoms with van der Waals surface area (Å²) in [5.41, 5.74) is 1.10. The molecule has 0 saturated carbocycles. The number of thiophene rings is 1. The third-order valence-corrected chi connectivity index (χ3v) is 5.60. The van der Waals surface area contributed by atoms with E-state index >= 15 is 0 Å². The van der Waals surface area contributed by atoms with Crippen molar-refractivity contribution >= 4 is 41.2 Å². The zero-order valence-corrected chi connectivity index (χ0v) is 18.2. The van der Waals surface area contributed by atoms with E-state index in [-0.39, 0.29) is 11.4 Å². The predicted molar refractivity (Wildman–Crippen MR) is 123 cm³/mol. The molecule has 0 fully saturated rings. The highest BCUT2D eigenvalue weighted by atomic mass is 32.1. The Morgan fingerprint density at radius 2 is 1.80 bits per heavy atom. The lowest BCUT2D eigenvalue weighted by Crippen LogP contribution is -2.26. The van der Waals surface area contributed by atoms with Crippen molar-refractivity contribution in [3.05, 3.63) is 57.0 Å². The highest BCUT2D eigenvalue weighted by molar-refractivity contribution is 7.13. The van der Waals surface area contributed by atoms with Gasteiger partial charge in [0, 0.05) is 22.8 Å². The summed E-state index contributed by atoms with van der Waals surface area (Å²) in [4.78, 5) is 14.6. The summed E-state index contributed by atoms with van der Waals surface area (Å²) in [5.74, 6) is -1.47. The summed E-state index contributed by atoms with van der Waals surface area (Å²) < 4.78 is 14.8. The monoisotopic (exact) mass is 426 g/mol. The van der Waals surface area contributed by atoms with Gasteiger partial charge in [-0.2, -0.15) is 5.26 Å². The number of rotatable bonds is 11. The second-order valence-corrected chi connectivity index (χ2v) is 8.10. The molecule has 0 spiro atoms. The summed E-state index contributed by atoms with van der Waals surface area (Å²) >= 11 is 1.36. The van der Waals surface area contributed by atoms with Crippen LogP contribution < -0.4 is 4.90 Å². The van der Waals surface area contributed by atoms with Gasteiger partial charge < -0.3 is 10.0 Å². The number of benzene rings is 1. The van der Waals surface area contributed by atoms with Crippen molar-refractivity contribution in [2.45, 2.75) is 39.5 Å². The number of nitriles is 1. The molecule has 0 aliphatic rings. The molecule has 1 aromatic carbocycles. The zero-order chi connectivity index (χ0) is 21.9. The molecule has 2 aromatic rings. The van der Waals surface area contributed by atoms with E-state index in [2.05, 4.69) is 18.7 Å². The van der Waals surface area contributed by atoms with Gasteiger partial charge in [-0.1, -0.05) is 38.8 Å². The van der Waals surface area contributed by atoms with Crippen molar-refractivity contribution in [3.63, 3.8) is 0 Å². The molecule has 0 aliphatic heterocycles. The standard InChI is InChI=1S/C24H27FN2O2S/c1-3-5-13-27(14-6-4-2)23-12-8-18(15-22(23)25)7-9-20-10-11-21(30-20)16-19(17-26)24(28)29/h7-12,15-16H,3-6,13-14H2,1-2H3,(H,28,29)/b9-7+,19-16+. The van der Waals surface area contributed by atoms with Crippen LogP contribution in [0.2, 0.25) is 0 Å². The molecule has 158 valence electrons. The lowest BCUT2D eigenvalue weighted by Gasteiger charge is -2.25. The van der Waals surface area contributed by atoms with Gasteiger partial charge in [0.1, 0.15) is 17.5 Å². The van der Waals surface area contributed by atoms with Crippen LogP contribution in [0.4, 0.5) is 10.1 Å². The van der Waals surface area contributed by atoms with Crippen molar-refractivity contribution in [1.29, 1.82) is 5.26 Å². The first-order valence-corrected chi connectivity index (χ1v) is 11.0. The molecule has 2 rings (SSSR count). The molecule has 1 N–H and O–H groups in total. The Morgan fingerprint density at radius 3 is 2.37 bits per heavy atom. The SMILES string of the molecule is CCCCN(CCCC)c1ccc(/C=C/c2ccc(/C=C(\C#N)C(=O)O)s2)cc1F. The molecule has 0 unspecified atom stereocenters. The smallest absolute Gasteiger partial charge is 0.346 e. The fourth-order valence-corrected chi connectivity index (χ4v) is 3.79. The fourth-order valence-electron chi connectivity index (χ4n) is 2.93. The summed E-state index contributed by atoms with van der Waals surface area (Å²) in [6, 6.07) is 10.6. The number of nitrogens with zero attached hydrogens (tertiary/aromatic N) is 2. The minimum atomic E-state index is -1.24. The zero-order valence-electron chi connectivity index (χ0n) is 17.4. The molecule has 0 bridgehead atoms. The third-order valence-electron chi connectivity index (χ3n) is 4.60. The highest BCUT2D eigenvalue weighted by Gasteiger charge is 2.11. The molecule has 0 radical (unpaired) electrons. The van der Waals surface area contributed by atoms with Gasteiger partial charge in [0.15, 0.2) is 0 Å². The Hall–Kier alpha value is -2.91. The van der Waals surface area contributed by atoms with Crippen LogP contribution in [0.25, 0.3) is 18.2 Å². The molecule has 1 heterocycles. The van der Waals surface area contributed by atoms with Crippen LogP contribution >= 0.6 is 11.3 Å². The van der Waals surface area contributed by atoms with Gasteiger partial charge in [0.25, 0.3) is 0 Å². The Labute approximate surface area is 181 Å². The molecule has 0 saturated heterocycles. The van der Waals surface area contributed by atoms with E-state index in [4.69, 9.17) is 10.4 Å². The molecule has 6 heteroatoms. The van der Waals surface area contributed by atoms with Gasteiger partial charge in [0.2, 0.25) is 0 Å². The number of halogens is 1.